The van der Waals surface area contributed by atoms with Crippen LogP contribution in [0.4, 0.5) is 0 Å². The van der Waals surface area contributed by atoms with Gasteiger partial charge in [-0.2, -0.15) is 0 Å². The van der Waals surface area contributed by atoms with Crippen LogP contribution < -0.4 is 9.47 Å². The Morgan fingerprint density at radius 3 is 2.72 bits per heavy atom. The normalized spacial score (nSPS) is 23.9. The summed E-state index contributed by atoms with van der Waals surface area (Å²) in [5.41, 5.74) is 1.33. The summed E-state index contributed by atoms with van der Waals surface area (Å²) in [5.74, 6) is -1.44. The lowest BCUT2D eigenvalue weighted by Crippen LogP contribution is -2.45. The number of carbonyl (C=O) groups excluding carboxylic acids is 2. The van der Waals surface area contributed by atoms with Crippen molar-refractivity contribution < 1.29 is 33.8 Å². The average Bonchev–Trinajstić information content (AvgIpc) is 3.17. The molecule has 1 aromatic heterocycles. The van der Waals surface area contributed by atoms with Crippen LogP contribution in [0.5, 0.6) is 17.4 Å². The second kappa shape index (κ2) is 7.69. The van der Waals surface area contributed by atoms with Crippen LogP contribution in [-0.4, -0.2) is 40.7 Å². The number of hydrogen-bond donors (Lipinski definition) is 2. The van der Waals surface area contributed by atoms with Gasteiger partial charge in [-0.25, -0.2) is 0 Å². The Labute approximate surface area is 184 Å². The van der Waals surface area contributed by atoms with E-state index in [1.54, 1.807) is 6.07 Å². The van der Waals surface area contributed by atoms with E-state index in [0.717, 1.165) is 12.8 Å². The summed E-state index contributed by atoms with van der Waals surface area (Å²) >= 11 is 0. The van der Waals surface area contributed by atoms with Gasteiger partial charge in [-0.15, -0.1) is 0 Å². The lowest BCUT2D eigenvalue weighted by molar-refractivity contribution is -0.121. The number of phenols is 1. The maximum Gasteiger partial charge on any atom is 0.265 e. The van der Waals surface area contributed by atoms with Crippen molar-refractivity contribution in [3.05, 3.63) is 40.2 Å². The zero-order chi connectivity index (χ0) is 22.6. The Kier molecular flexibility index (Phi) is 4.95. The molecule has 3 atom stereocenters. The summed E-state index contributed by atoms with van der Waals surface area (Å²) in [6.45, 7) is 2.45. The van der Waals surface area contributed by atoms with E-state index < -0.39 is 11.7 Å². The molecule has 0 bridgehead atoms. The summed E-state index contributed by atoms with van der Waals surface area (Å²) in [4.78, 5) is 26.9. The van der Waals surface area contributed by atoms with Crippen LogP contribution in [0, 0.1) is 17.8 Å². The van der Waals surface area contributed by atoms with Crippen LogP contribution >= 0.6 is 0 Å². The predicted octanol–water partition coefficient (Wildman–Crippen LogP) is 3.65. The number of fused-ring (bicyclic) bond motifs is 4. The van der Waals surface area contributed by atoms with Gasteiger partial charge in [-0.05, 0) is 48.4 Å². The Bertz CT molecular complexity index is 1150. The van der Waals surface area contributed by atoms with Gasteiger partial charge in [0.2, 0.25) is 0 Å². The number of Topliss-reactive ketones (excluding diaryl/α,β-unsaturated/α-hetero) is 2. The van der Waals surface area contributed by atoms with E-state index in [1.165, 1.54) is 13.2 Å². The minimum absolute atomic E-state index is 0.123. The van der Waals surface area contributed by atoms with Crippen molar-refractivity contribution in [3.63, 3.8) is 0 Å². The highest BCUT2D eigenvalue weighted by Gasteiger charge is 2.52. The Morgan fingerprint density at radius 2 is 1.97 bits per heavy atom. The molecule has 1 heterocycles. The Morgan fingerprint density at radius 1 is 1.16 bits per heavy atom. The minimum atomic E-state index is -0.918. The van der Waals surface area contributed by atoms with E-state index in [-0.39, 0.29) is 51.7 Å². The van der Waals surface area contributed by atoms with Gasteiger partial charge in [-0.3, -0.25) is 9.59 Å². The molecular formula is C24H25NO7. The highest BCUT2D eigenvalue weighted by Crippen LogP contribution is 2.51. The number of benzene rings is 1. The van der Waals surface area contributed by atoms with E-state index >= 15 is 0 Å². The van der Waals surface area contributed by atoms with E-state index in [1.807, 2.05) is 6.92 Å². The summed E-state index contributed by atoms with van der Waals surface area (Å²) in [6, 6.07) is 3.07. The summed E-state index contributed by atoms with van der Waals surface area (Å²) in [6.07, 6.45) is 3.13. The molecule has 1 saturated carbocycles. The molecule has 5 rings (SSSR count). The first kappa shape index (κ1) is 20.6. The third kappa shape index (κ3) is 2.92. The lowest BCUT2D eigenvalue weighted by Gasteiger charge is -2.40. The molecule has 8 nitrogen and oxygen atoms in total. The molecule has 3 aliphatic carbocycles. The van der Waals surface area contributed by atoms with Gasteiger partial charge in [0, 0.05) is 17.6 Å². The van der Waals surface area contributed by atoms with E-state index in [0.29, 0.717) is 42.9 Å². The topological polar surface area (TPSA) is 119 Å². The zero-order valence-corrected chi connectivity index (χ0v) is 18.0. The zero-order valence-electron chi connectivity index (χ0n) is 18.0. The molecule has 0 saturated heterocycles. The van der Waals surface area contributed by atoms with Crippen LogP contribution in [0.3, 0.4) is 0 Å². The van der Waals surface area contributed by atoms with Crippen LogP contribution in [0.2, 0.25) is 0 Å². The lowest BCUT2D eigenvalue weighted by atomic mass is 9.61. The monoisotopic (exact) mass is 439 g/mol. The summed E-state index contributed by atoms with van der Waals surface area (Å²) in [7, 11) is 1.52. The number of allylic oxidation sites excluding steroid dienone is 1. The number of carbonyl (C=O) groups is 2. The number of unbranched alkanes of at least 4 members (excludes halogenated alkanes) is 1. The minimum Gasteiger partial charge on any atom is -0.507 e. The molecule has 1 aromatic carbocycles. The van der Waals surface area contributed by atoms with Gasteiger partial charge in [0.05, 0.1) is 25.2 Å². The molecule has 0 spiro atoms. The second-order valence-corrected chi connectivity index (χ2v) is 8.70. The number of aromatic nitrogens is 1. The maximum atomic E-state index is 13.6. The quantitative estimate of drug-likeness (QED) is 0.535. The largest absolute Gasteiger partial charge is 0.507 e. The molecule has 0 aliphatic heterocycles. The number of ether oxygens (including phenoxy) is 2. The first-order valence-corrected chi connectivity index (χ1v) is 11.0. The van der Waals surface area contributed by atoms with Crippen LogP contribution in [0.25, 0.3) is 5.76 Å². The number of ketones is 2. The summed E-state index contributed by atoms with van der Waals surface area (Å²) < 4.78 is 16.5. The smallest absolute Gasteiger partial charge is 0.265 e. The maximum absolute atomic E-state index is 13.6. The fourth-order valence-electron chi connectivity index (χ4n) is 5.38. The molecule has 1 fully saturated rings. The average molecular weight is 439 g/mol. The highest BCUT2D eigenvalue weighted by molar-refractivity contribution is 6.20. The van der Waals surface area contributed by atoms with Gasteiger partial charge in [0.15, 0.2) is 17.3 Å². The molecule has 168 valence electrons. The van der Waals surface area contributed by atoms with Crippen molar-refractivity contribution in [1.82, 2.24) is 5.16 Å². The van der Waals surface area contributed by atoms with Crippen molar-refractivity contribution in [1.29, 1.82) is 0 Å². The molecule has 0 radical (unpaired) electrons. The summed E-state index contributed by atoms with van der Waals surface area (Å²) in [5, 5.41) is 25.4. The molecule has 3 aliphatic rings. The van der Waals surface area contributed by atoms with E-state index in [9.17, 15) is 19.8 Å². The van der Waals surface area contributed by atoms with Crippen LogP contribution in [-0.2, 0) is 17.6 Å². The molecule has 2 N–H and O–H groups in total. The molecule has 0 amide bonds. The van der Waals surface area contributed by atoms with Gasteiger partial charge >= 0.3 is 0 Å². The number of nitrogens with zero attached hydrogens (tertiary/aromatic N) is 1. The molecule has 2 aromatic rings. The number of rotatable bonds is 5. The number of phenolic OH excluding ortho intramolecular Hbond substituents is 1. The van der Waals surface area contributed by atoms with E-state index in [4.69, 9.17) is 14.0 Å². The van der Waals surface area contributed by atoms with Gasteiger partial charge in [-0.1, -0.05) is 13.3 Å². The molecular weight excluding hydrogens is 414 g/mol. The first-order chi connectivity index (χ1) is 15.5. The van der Waals surface area contributed by atoms with E-state index in [2.05, 4.69) is 5.16 Å². The number of aromatic hydroxyl groups is 1. The third-order valence-corrected chi connectivity index (χ3v) is 6.87. The third-order valence-electron chi connectivity index (χ3n) is 6.87. The Hall–Kier alpha value is -3.29. The van der Waals surface area contributed by atoms with Crippen molar-refractivity contribution in [2.75, 3.05) is 13.7 Å². The highest BCUT2D eigenvalue weighted by atomic mass is 16.5. The number of methoxy groups -OCH3 is 1. The first-order valence-electron chi connectivity index (χ1n) is 11.0. The van der Waals surface area contributed by atoms with Gasteiger partial charge < -0.3 is 24.2 Å². The van der Waals surface area contributed by atoms with Crippen molar-refractivity contribution in [2.24, 2.45) is 17.8 Å². The van der Waals surface area contributed by atoms with Gasteiger partial charge in [0.1, 0.15) is 22.8 Å². The number of aliphatic hydroxyl groups excluding tert-OH is 1. The molecule has 32 heavy (non-hydrogen) atoms. The molecule has 3 unspecified atom stereocenters. The predicted molar refractivity (Wildman–Crippen MR) is 113 cm³/mol. The van der Waals surface area contributed by atoms with Crippen molar-refractivity contribution in [2.45, 2.75) is 39.0 Å². The van der Waals surface area contributed by atoms with Crippen molar-refractivity contribution in [3.8, 4) is 17.4 Å². The van der Waals surface area contributed by atoms with Crippen molar-refractivity contribution >= 4 is 17.3 Å². The molecule has 8 heteroatoms. The van der Waals surface area contributed by atoms with Crippen LogP contribution in [0.1, 0.15) is 53.4 Å². The SMILES string of the molecule is CCCCOc1noc2c1C(=O)C1C(=O)C3=C(O)c4c(O)ccc(OC)c4CC3CC1C2. The fourth-order valence-corrected chi connectivity index (χ4v) is 5.38. The van der Waals surface area contributed by atoms with Gasteiger partial charge in [0.25, 0.3) is 5.88 Å². The number of hydrogen-bond acceptors (Lipinski definition) is 8. The second-order valence-electron chi connectivity index (χ2n) is 8.70. The Balaban J connectivity index is 1.54. The number of aliphatic hydroxyl groups is 1. The van der Waals surface area contributed by atoms with Crippen LogP contribution in [0.15, 0.2) is 22.2 Å². The fraction of sp³-hybridized carbons (Fsp3) is 0.458. The standard InChI is InChI=1S/C24H25NO7/c1-3-4-7-31-24-20-16(32-25-24)10-12-8-11-9-13-15(30-2)6-5-14(26)19(13)22(28)17(11)21(27)18(12)23(20)29/h5-6,11-12,18,26,28H,3-4,7-10H2,1-2H3.